The molecule has 60 heavy (non-hydrogen) atoms. The van der Waals surface area contributed by atoms with E-state index in [2.05, 4.69) is 213 Å². The Bertz CT molecular complexity index is 3450. The van der Waals surface area contributed by atoms with E-state index < -0.39 is 0 Å². The lowest BCUT2D eigenvalue weighted by molar-refractivity contribution is 0.816. The number of aromatic nitrogens is 2. The van der Waals surface area contributed by atoms with Crippen LogP contribution in [0.2, 0.25) is 0 Å². The zero-order chi connectivity index (χ0) is 40.2. The monoisotopic (exact) mass is 768 g/mol. The minimum atomic E-state index is 0.364. The molecule has 0 spiro atoms. The average Bonchev–Trinajstić information content (AvgIpc) is 3.78. The Labute approximate surface area is 350 Å². The molecule has 0 aliphatic heterocycles. The van der Waals surface area contributed by atoms with Crippen LogP contribution in [-0.2, 0) is 0 Å². The number of rotatable bonds is 5. The van der Waals surface area contributed by atoms with Crippen LogP contribution in [0.15, 0.2) is 158 Å². The predicted molar refractivity (Wildman–Crippen MR) is 258 cm³/mol. The van der Waals surface area contributed by atoms with Gasteiger partial charge in [-0.3, -0.25) is 0 Å². The maximum Gasteiger partial charge on any atom is 0.0542 e. The first-order chi connectivity index (χ1) is 29.5. The quantitative estimate of drug-likeness (QED) is 0.154. The van der Waals surface area contributed by atoms with E-state index in [-0.39, 0.29) is 0 Å². The molecule has 286 valence electrons. The highest BCUT2D eigenvalue weighted by atomic mass is 15.0. The molecule has 1 unspecified atom stereocenters. The summed E-state index contributed by atoms with van der Waals surface area (Å²) in [6.45, 7) is 8.92. The van der Waals surface area contributed by atoms with Crippen LogP contribution in [-0.4, -0.2) is 9.13 Å². The van der Waals surface area contributed by atoms with E-state index in [0.717, 1.165) is 23.4 Å². The molecule has 12 rings (SSSR count). The van der Waals surface area contributed by atoms with E-state index in [1.165, 1.54) is 110 Å². The lowest BCUT2D eigenvalue weighted by Gasteiger charge is -2.34. The van der Waals surface area contributed by atoms with Gasteiger partial charge in [-0.25, -0.2) is 0 Å². The van der Waals surface area contributed by atoms with Crippen molar-refractivity contribution in [3.63, 3.8) is 0 Å². The van der Waals surface area contributed by atoms with Crippen molar-refractivity contribution in [3.05, 3.63) is 202 Å². The molecule has 0 bridgehead atoms. The first-order valence-electron chi connectivity index (χ1n) is 21.3. The van der Waals surface area contributed by atoms with Gasteiger partial charge in [0, 0.05) is 38.6 Å². The highest BCUT2D eigenvalue weighted by Gasteiger charge is 2.32. The third-order valence-corrected chi connectivity index (χ3v) is 13.4. The topological polar surface area (TPSA) is 9.86 Å². The normalized spacial score (nSPS) is 14.7. The van der Waals surface area contributed by atoms with Crippen molar-refractivity contribution in [2.24, 2.45) is 0 Å². The van der Waals surface area contributed by atoms with Crippen LogP contribution < -0.4 is 0 Å². The number of aryl methyl sites for hydroxylation is 2. The van der Waals surface area contributed by atoms with E-state index in [1.807, 2.05) is 0 Å². The molecular weight excluding hydrogens is 725 g/mol. The van der Waals surface area contributed by atoms with Crippen LogP contribution in [0.25, 0.3) is 101 Å². The van der Waals surface area contributed by atoms with Gasteiger partial charge in [-0.05, 0) is 126 Å². The summed E-state index contributed by atoms with van der Waals surface area (Å²) in [5, 5.41) is 7.76. The molecule has 2 nitrogen and oxygen atoms in total. The average molecular weight is 769 g/mol. The van der Waals surface area contributed by atoms with Crippen molar-refractivity contribution in [1.29, 1.82) is 0 Å². The molecule has 0 N–H and O–H groups in total. The van der Waals surface area contributed by atoms with Crippen LogP contribution >= 0.6 is 0 Å². The Hall–Kier alpha value is -7.16. The Morgan fingerprint density at radius 3 is 1.53 bits per heavy atom. The second kappa shape index (κ2) is 13.2. The van der Waals surface area contributed by atoms with E-state index in [9.17, 15) is 0 Å². The van der Waals surface area contributed by atoms with Crippen molar-refractivity contribution >= 4 is 78.2 Å². The van der Waals surface area contributed by atoms with Gasteiger partial charge in [0.15, 0.2) is 0 Å². The molecule has 8 aromatic carbocycles. The molecule has 0 radical (unpaired) electrons. The van der Waals surface area contributed by atoms with E-state index in [0.29, 0.717) is 5.92 Å². The Balaban J connectivity index is 1.14. The molecular formula is C58H44N2. The van der Waals surface area contributed by atoms with Crippen LogP contribution in [0, 0.1) is 13.8 Å². The summed E-state index contributed by atoms with van der Waals surface area (Å²) in [5.41, 5.74) is 21.9. The molecule has 0 fully saturated rings. The first-order valence-corrected chi connectivity index (χ1v) is 21.3. The summed E-state index contributed by atoms with van der Waals surface area (Å²) in [5.74, 6) is 0.364. The fourth-order valence-electron chi connectivity index (χ4n) is 10.8. The van der Waals surface area contributed by atoms with Gasteiger partial charge < -0.3 is 9.13 Å². The van der Waals surface area contributed by atoms with Crippen molar-refractivity contribution in [2.75, 3.05) is 0 Å². The second-order valence-corrected chi connectivity index (χ2v) is 17.0. The van der Waals surface area contributed by atoms with E-state index >= 15 is 0 Å². The molecule has 0 saturated carbocycles. The number of hydrogen-bond donors (Lipinski definition) is 0. The summed E-state index contributed by atoms with van der Waals surface area (Å²) in [6, 6.07) is 54.6. The second-order valence-electron chi connectivity index (χ2n) is 17.0. The Kier molecular flexibility index (Phi) is 7.65. The zero-order valence-electron chi connectivity index (χ0n) is 34.4. The number of allylic oxidation sites excluding steroid dienone is 3. The minimum absolute atomic E-state index is 0.364. The van der Waals surface area contributed by atoms with Gasteiger partial charge in [-0.2, -0.15) is 0 Å². The molecule has 0 saturated heterocycles. The lowest BCUT2D eigenvalue weighted by Crippen LogP contribution is -2.15. The van der Waals surface area contributed by atoms with Gasteiger partial charge in [-0.1, -0.05) is 145 Å². The predicted octanol–water partition coefficient (Wildman–Crippen LogP) is 15.8. The third-order valence-electron chi connectivity index (χ3n) is 13.4. The molecule has 2 heteroatoms. The van der Waals surface area contributed by atoms with Crippen LogP contribution in [0.1, 0.15) is 70.7 Å². The van der Waals surface area contributed by atoms with Crippen LogP contribution in [0.3, 0.4) is 0 Å². The minimum Gasteiger partial charge on any atom is -0.309 e. The highest BCUT2D eigenvalue weighted by Crippen LogP contribution is 2.52. The summed E-state index contributed by atoms with van der Waals surface area (Å²) >= 11 is 0. The number of hydrogen-bond acceptors (Lipinski definition) is 0. The number of para-hydroxylation sites is 4. The van der Waals surface area contributed by atoms with Crippen molar-refractivity contribution < 1.29 is 0 Å². The SMILES string of the molecule is C/C=C/c1cc(-n2c3ccccc3c3ccccc32)c(/C=C/c2ccc3c4c(cc(C)cc24)C2CC=C(C)c4cc(C)cc-3c42)cc1-n1c2ccccc2c2ccccc21. The molecule has 2 aliphatic rings. The van der Waals surface area contributed by atoms with Gasteiger partial charge in [0.2, 0.25) is 0 Å². The Morgan fingerprint density at radius 1 is 0.467 bits per heavy atom. The molecule has 10 aromatic rings. The van der Waals surface area contributed by atoms with Crippen molar-refractivity contribution in [2.45, 2.75) is 40.0 Å². The van der Waals surface area contributed by atoms with Gasteiger partial charge in [0.05, 0.1) is 33.4 Å². The number of benzene rings is 8. The standard InChI is InChI=1S/C58H44N2/c1-5-14-39-33-56(60-53-21-12-8-17-43(53)44-18-9-13-22-54(44)60)40(34-55(39)59-51-19-10-6-15-41(51)42-16-7-11-20-52(42)59)25-24-38-26-28-46-49-31-35(2)29-47-37(4)23-27-45(57(47)49)50-32-36(3)30-48(38)58(46)50/h5-26,28-34,45H,27H2,1-4H3/b14-5+,25-24+. The van der Waals surface area contributed by atoms with Crippen molar-refractivity contribution in [1.82, 2.24) is 9.13 Å². The summed E-state index contributed by atoms with van der Waals surface area (Å²) in [7, 11) is 0. The lowest BCUT2D eigenvalue weighted by atomic mass is 9.69. The fraction of sp³-hybridized carbons (Fsp3) is 0.103. The van der Waals surface area contributed by atoms with Crippen molar-refractivity contribution in [3.8, 4) is 22.5 Å². The van der Waals surface area contributed by atoms with Gasteiger partial charge >= 0.3 is 0 Å². The summed E-state index contributed by atoms with van der Waals surface area (Å²) in [6.07, 6.45) is 12.7. The number of nitrogens with zero attached hydrogens (tertiary/aromatic N) is 2. The van der Waals surface area contributed by atoms with Gasteiger partial charge in [0.1, 0.15) is 0 Å². The van der Waals surface area contributed by atoms with Gasteiger partial charge in [-0.15, -0.1) is 0 Å². The summed E-state index contributed by atoms with van der Waals surface area (Å²) < 4.78 is 4.94. The zero-order valence-corrected chi connectivity index (χ0v) is 34.4. The highest BCUT2D eigenvalue weighted by molar-refractivity contribution is 6.12. The molecule has 2 heterocycles. The number of fused-ring (bicyclic) bond motifs is 8. The first kappa shape index (κ1) is 34.8. The van der Waals surface area contributed by atoms with Crippen LogP contribution in [0.5, 0.6) is 0 Å². The molecule has 1 atom stereocenters. The fourth-order valence-corrected chi connectivity index (χ4v) is 10.8. The maximum atomic E-state index is 2.48. The van der Waals surface area contributed by atoms with E-state index in [1.54, 1.807) is 0 Å². The van der Waals surface area contributed by atoms with Gasteiger partial charge in [0.25, 0.3) is 0 Å². The Morgan fingerprint density at radius 2 is 0.967 bits per heavy atom. The summed E-state index contributed by atoms with van der Waals surface area (Å²) in [4.78, 5) is 0. The van der Waals surface area contributed by atoms with E-state index in [4.69, 9.17) is 0 Å². The van der Waals surface area contributed by atoms with Crippen LogP contribution in [0.4, 0.5) is 0 Å². The largest absolute Gasteiger partial charge is 0.309 e. The smallest absolute Gasteiger partial charge is 0.0542 e. The maximum absolute atomic E-state index is 2.48. The molecule has 0 amide bonds. The third kappa shape index (κ3) is 5.01. The molecule has 2 aliphatic carbocycles. The molecule has 2 aromatic heterocycles.